The molecule has 0 aliphatic heterocycles. The van der Waals surface area contributed by atoms with Gasteiger partial charge in [0.2, 0.25) is 0 Å². The molecule has 94 valence electrons. The highest BCUT2D eigenvalue weighted by Gasteiger charge is 2.11. The lowest BCUT2D eigenvalue weighted by atomic mass is 10.1. The Bertz CT molecular complexity index is 390. The van der Waals surface area contributed by atoms with E-state index in [1.165, 1.54) is 6.07 Å². The molecule has 0 saturated carbocycles. The highest BCUT2D eigenvalue weighted by molar-refractivity contribution is 5.96. The minimum atomic E-state index is -0.281. The fraction of sp³-hybridized carbons (Fsp3) is 0.462. The van der Waals surface area contributed by atoms with Crippen molar-refractivity contribution >= 4 is 5.91 Å². The van der Waals surface area contributed by atoms with Crippen molar-refractivity contribution in [3.63, 3.8) is 0 Å². The van der Waals surface area contributed by atoms with Crippen LogP contribution in [0.3, 0.4) is 0 Å². The summed E-state index contributed by atoms with van der Waals surface area (Å²) in [4.78, 5) is 11.8. The van der Waals surface area contributed by atoms with Gasteiger partial charge in [-0.25, -0.2) is 0 Å². The summed E-state index contributed by atoms with van der Waals surface area (Å²) in [6, 6.07) is 4.92. The maximum absolute atomic E-state index is 11.8. The van der Waals surface area contributed by atoms with Gasteiger partial charge >= 0.3 is 0 Å². The van der Waals surface area contributed by atoms with E-state index in [1.807, 2.05) is 13.8 Å². The average molecular weight is 237 g/mol. The number of aliphatic hydroxyl groups excluding tert-OH is 1. The lowest BCUT2D eigenvalue weighted by Gasteiger charge is -2.12. The van der Waals surface area contributed by atoms with Crippen molar-refractivity contribution in [1.82, 2.24) is 5.32 Å². The summed E-state index contributed by atoms with van der Waals surface area (Å²) in [6.07, 6.45) is 0.653. The van der Waals surface area contributed by atoms with E-state index in [4.69, 9.17) is 5.11 Å². The van der Waals surface area contributed by atoms with Crippen LogP contribution in [-0.2, 0) is 0 Å². The first-order valence-electron chi connectivity index (χ1n) is 5.73. The van der Waals surface area contributed by atoms with Crippen LogP contribution in [0.5, 0.6) is 5.75 Å². The molecule has 3 N–H and O–H groups in total. The van der Waals surface area contributed by atoms with Crippen LogP contribution in [-0.4, -0.2) is 29.3 Å². The molecule has 1 atom stereocenters. The molecule has 0 aromatic heterocycles. The van der Waals surface area contributed by atoms with Gasteiger partial charge in [0.05, 0.1) is 5.56 Å². The Kier molecular flexibility index (Phi) is 4.97. The maximum atomic E-state index is 11.8. The number of rotatable bonds is 5. The van der Waals surface area contributed by atoms with E-state index >= 15 is 0 Å². The van der Waals surface area contributed by atoms with Crippen molar-refractivity contribution in [2.45, 2.75) is 20.3 Å². The Morgan fingerprint density at radius 1 is 1.47 bits per heavy atom. The SMILES string of the molecule is Cc1ccc(O)c(C(=O)NCC(C)CCO)c1. The lowest BCUT2D eigenvalue weighted by Crippen LogP contribution is -2.28. The third-order valence-corrected chi connectivity index (χ3v) is 2.63. The molecular formula is C13H19NO3. The van der Waals surface area contributed by atoms with E-state index in [0.717, 1.165) is 5.56 Å². The van der Waals surface area contributed by atoms with Gasteiger partial charge in [-0.15, -0.1) is 0 Å². The van der Waals surface area contributed by atoms with Crippen LogP contribution in [0, 0.1) is 12.8 Å². The third-order valence-electron chi connectivity index (χ3n) is 2.63. The van der Waals surface area contributed by atoms with Crippen molar-refractivity contribution in [3.8, 4) is 5.75 Å². The van der Waals surface area contributed by atoms with Gasteiger partial charge in [-0.2, -0.15) is 0 Å². The summed E-state index contributed by atoms with van der Waals surface area (Å²) >= 11 is 0. The summed E-state index contributed by atoms with van der Waals surface area (Å²) in [7, 11) is 0. The Balaban J connectivity index is 2.61. The monoisotopic (exact) mass is 237 g/mol. The first kappa shape index (κ1) is 13.5. The lowest BCUT2D eigenvalue weighted by molar-refractivity contribution is 0.0942. The van der Waals surface area contributed by atoms with Crippen LogP contribution in [0.1, 0.15) is 29.3 Å². The van der Waals surface area contributed by atoms with Gasteiger partial charge in [0.25, 0.3) is 5.91 Å². The predicted molar refractivity (Wildman–Crippen MR) is 66.0 cm³/mol. The first-order chi connectivity index (χ1) is 8.04. The standard InChI is InChI=1S/C13H19NO3/c1-9-3-4-12(16)11(7-9)13(17)14-8-10(2)5-6-15/h3-4,7,10,15-16H,5-6,8H2,1-2H3,(H,14,17). The van der Waals surface area contributed by atoms with Crippen LogP contribution < -0.4 is 5.32 Å². The molecule has 0 aliphatic rings. The molecular weight excluding hydrogens is 218 g/mol. The highest BCUT2D eigenvalue weighted by atomic mass is 16.3. The summed E-state index contributed by atoms with van der Waals surface area (Å²) in [6.45, 7) is 4.43. The van der Waals surface area contributed by atoms with Crippen molar-refractivity contribution < 1.29 is 15.0 Å². The number of hydrogen-bond donors (Lipinski definition) is 3. The number of amides is 1. The molecule has 1 rings (SSSR count). The molecule has 0 fully saturated rings. The predicted octanol–water partition coefficient (Wildman–Crippen LogP) is 1.45. The van der Waals surface area contributed by atoms with Gasteiger partial charge in [-0.05, 0) is 31.4 Å². The molecule has 4 heteroatoms. The molecule has 0 radical (unpaired) electrons. The molecule has 1 aromatic carbocycles. The zero-order chi connectivity index (χ0) is 12.8. The normalized spacial score (nSPS) is 12.2. The van der Waals surface area contributed by atoms with Crippen LogP contribution in [0.2, 0.25) is 0 Å². The minimum Gasteiger partial charge on any atom is -0.507 e. The van der Waals surface area contributed by atoms with E-state index < -0.39 is 0 Å². The molecule has 1 amide bonds. The number of aryl methyl sites for hydroxylation is 1. The number of carbonyl (C=O) groups is 1. The van der Waals surface area contributed by atoms with Crippen LogP contribution in [0.4, 0.5) is 0 Å². The average Bonchev–Trinajstić information content (AvgIpc) is 2.29. The molecule has 4 nitrogen and oxygen atoms in total. The largest absolute Gasteiger partial charge is 0.507 e. The van der Waals surface area contributed by atoms with Gasteiger partial charge < -0.3 is 15.5 Å². The van der Waals surface area contributed by atoms with E-state index in [9.17, 15) is 9.90 Å². The number of phenolic OH excluding ortho intramolecular Hbond substituents is 1. The Labute approximate surface area is 101 Å². The fourth-order valence-electron chi connectivity index (χ4n) is 1.52. The van der Waals surface area contributed by atoms with Gasteiger partial charge in [0.15, 0.2) is 0 Å². The van der Waals surface area contributed by atoms with Crippen LogP contribution in [0.25, 0.3) is 0 Å². The van der Waals surface area contributed by atoms with E-state index in [0.29, 0.717) is 18.5 Å². The maximum Gasteiger partial charge on any atom is 0.255 e. The highest BCUT2D eigenvalue weighted by Crippen LogP contribution is 2.17. The number of hydrogen-bond acceptors (Lipinski definition) is 3. The molecule has 0 aliphatic carbocycles. The van der Waals surface area contributed by atoms with Crippen molar-refractivity contribution in [3.05, 3.63) is 29.3 Å². The molecule has 17 heavy (non-hydrogen) atoms. The van der Waals surface area contributed by atoms with Gasteiger partial charge in [-0.1, -0.05) is 18.6 Å². The van der Waals surface area contributed by atoms with E-state index in [2.05, 4.69) is 5.32 Å². The second kappa shape index (κ2) is 6.25. The third kappa shape index (κ3) is 4.07. The smallest absolute Gasteiger partial charge is 0.255 e. The molecule has 0 bridgehead atoms. The van der Waals surface area contributed by atoms with Gasteiger partial charge in [0, 0.05) is 13.2 Å². The summed E-state index contributed by atoms with van der Waals surface area (Å²) in [5.74, 6) is -0.0743. The minimum absolute atomic E-state index is 0.0112. The topological polar surface area (TPSA) is 69.6 Å². The van der Waals surface area contributed by atoms with Crippen molar-refractivity contribution in [1.29, 1.82) is 0 Å². The number of phenols is 1. The van der Waals surface area contributed by atoms with Gasteiger partial charge in [-0.3, -0.25) is 4.79 Å². The second-order valence-electron chi connectivity index (χ2n) is 4.35. The summed E-state index contributed by atoms with van der Waals surface area (Å²) < 4.78 is 0. The summed E-state index contributed by atoms with van der Waals surface area (Å²) in [5, 5.41) is 21.1. The zero-order valence-electron chi connectivity index (χ0n) is 10.2. The number of aliphatic hydroxyl groups is 1. The van der Waals surface area contributed by atoms with Crippen LogP contribution >= 0.6 is 0 Å². The first-order valence-corrected chi connectivity index (χ1v) is 5.73. The second-order valence-corrected chi connectivity index (χ2v) is 4.35. The van der Waals surface area contributed by atoms with Gasteiger partial charge in [0.1, 0.15) is 5.75 Å². The number of benzene rings is 1. The molecule has 0 saturated heterocycles. The van der Waals surface area contributed by atoms with Crippen molar-refractivity contribution in [2.24, 2.45) is 5.92 Å². The van der Waals surface area contributed by atoms with E-state index in [1.54, 1.807) is 12.1 Å². The van der Waals surface area contributed by atoms with E-state index in [-0.39, 0.29) is 24.2 Å². The number of carbonyl (C=O) groups excluding carboxylic acids is 1. The Morgan fingerprint density at radius 3 is 2.82 bits per heavy atom. The quantitative estimate of drug-likeness (QED) is 0.726. The molecule has 1 unspecified atom stereocenters. The zero-order valence-corrected chi connectivity index (χ0v) is 10.2. The molecule has 1 aromatic rings. The number of aromatic hydroxyl groups is 1. The Hall–Kier alpha value is -1.55. The molecule has 0 heterocycles. The van der Waals surface area contributed by atoms with Crippen LogP contribution in [0.15, 0.2) is 18.2 Å². The fourth-order valence-corrected chi connectivity index (χ4v) is 1.52. The van der Waals surface area contributed by atoms with Crippen molar-refractivity contribution in [2.75, 3.05) is 13.2 Å². The summed E-state index contributed by atoms with van der Waals surface area (Å²) in [5.41, 5.74) is 1.22. The number of nitrogens with one attached hydrogen (secondary N) is 1. The Morgan fingerprint density at radius 2 is 2.18 bits per heavy atom. The molecule has 0 spiro atoms.